The predicted molar refractivity (Wildman–Crippen MR) is 81.5 cm³/mol. The molecular weight excluding hydrogens is 298 g/mol. The minimum Gasteiger partial charge on any atom is -0.325 e. The lowest BCUT2D eigenvalue weighted by Crippen LogP contribution is -2.66. The zero-order valence-electron chi connectivity index (χ0n) is 11.3. The van der Waals surface area contributed by atoms with Crippen LogP contribution in [0.5, 0.6) is 0 Å². The number of hydrogen-bond donors (Lipinski definition) is 1. The highest BCUT2D eigenvalue weighted by atomic mass is 35.5. The normalized spacial score (nSPS) is 25.9. The molecule has 1 unspecified atom stereocenters. The molecule has 5 nitrogen and oxygen atoms in total. The fraction of sp³-hybridized carbons (Fsp3) is 0.538. The molecule has 3 heterocycles. The number of carbonyl (C=O) groups is 2. The van der Waals surface area contributed by atoms with Gasteiger partial charge < -0.3 is 15.1 Å². The average molecular weight is 316 g/mol. The van der Waals surface area contributed by atoms with Crippen molar-refractivity contribution < 1.29 is 9.59 Å². The van der Waals surface area contributed by atoms with Crippen molar-refractivity contribution in [2.45, 2.75) is 18.9 Å². The lowest BCUT2D eigenvalue weighted by Gasteiger charge is -2.47. The molecule has 1 atom stereocenters. The smallest absolute Gasteiger partial charge is 0.246 e. The van der Waals surface area contributed by atoms with Gasteiger partial charge in [0.25, 0.3) is 0 Å². The highest BCUT2D eigenvalue weighted by molar-refractivity contribution is 7.08. The molecule has 2 amide bonds. The molecule has 3 rings (SSSR count). The van der Waals surface area contributed by atoms with Gasteiger partial charge in [-0.1, -0.05) is 0 Å². The first-order valence-electron chi connectivity index (χ1n) is 6.44. The van der Waals surface area contributed by atoms with Crippen molar-refractivity contribution in [1.29, 1.82) is 0 Å². The number of piperazine rings is 1. The van der Waals surface area contributed by atoms with Gasteiger partial charge in [-0.15, -0.1) is 12.4 Å². The van der Waals surface area contributed by atoms with Crippen molar-refractivity contribution in [1.82, 2.24) is 10.2 Å². The van der Waals surface area contributed by atoms with Gasteiger partial charge in [-0.3, -0.25) is 9.59 Å². The van der Waals surface area contributed by atoms with Crippen LogP contribution in [-0.4, -0.2) is 48.4 Å². The Morgan fingerprint density at radius 3 is 2.85 bits per heavy atom. The van der Waals surface area contributed by atoms with Crippen molar-refractivity contribution in [3.05, 3.63) is 16.8 Å². The molecule has 20 heavy (non-hydrogen) atoms. The summed E-state index contributed by atoms with van der Waals surface area (Å²) in [6, 6.07) is 1.96. The van der Waals surface area contributed by atoms with Gasteiger partial charge in [-0.25, -0.2) is 0 Å². The molecule has 2 fully saturated rings. The summed E-state index contributed by atoms with van der Waals surface area (Å²) in [5, 5.41) is 7.27. The summed E-state index contributed by atoms with van der Waals surface area (Å²) in [5.41, 5.74) is 0.714. The molecule has 0 saturated carbocycles. The van der Waals surface area contributed by atoms with Crippen LogP contribution in [0.1, 0.15) is 13.3 Å². The summed E-state index contributed by atoms with van der Waals surface area (Å²) >= 11 is 1.58. The van der Waals surface area contributed by atoms with E-state index in [1.54, 1.807) is 23.2 Å². The van der Waals surface area contributed by atoms with Crippen molar-refractivity contribution in [2.75, 3.05) is 31.1 Å². The first kappa shape index (κ1) is 15.3. The average Bonchev–Trinajstić information content (AvgIpc) is 3.03. The quantitative estimate of drug-likeness (QED) is 0.844. The van der Waals surface area contributed by atoms with Gasteiger partial charge in [0.05, 0.1) is 17.8 Å². The lowest BCUT2D eigenvalue weighted by atomic mass is 9.92. The van der Waals surface area contributed by atoms with Gasteiger partial charge in [-0.2, -0.15) is 11.3 Å². The number of thiophene rings is 1. The van der Waals surface area contributed by atoms with E-state index in [1.807, 2.05) is 21.7 Å². The van der Waals surface area contributed by atoms with Gasteiger partial charge in [-0.05, 0) is 24.4 Å². The van der Waals surface area contributed by atoms with Crippen LogP contribution in [0, 0.1) is 0 Å². The Hall–Kier alpha value is -1.11. The Balaban J connectivity index is 0.00000147. The number of hydrogen-bond acceptors (Lipinski definition) is 4. The Morgan fingerprint density at radius 1 is 1.50 bits per heavy atom. The van der Waals surface area contributed by atoms with E-state index in [2.05, 4.69) is 5.32 Å². The minimum absolute atomic E-state index is 0. The monoisotopic (exact) mass is 315 g/mol. The fourth-order valence-electron chi connectivity index (χ4n) is 3.04. The summed E-state index contributed by atoms with van der Waals surface area (Å²) in [6.07, 6.45) is 0.903. The molecule has 0 aromatic carbocycles. The number of amides is 2. The second-order valence-corrected chi connectivity index (χ2v) is 6.00. The molecule has 0 radical (unpaired) electrons. The SMILES string of the molecule is CC(=O)N1CC(=O)N(c2ccsc2)CC12CCNC2.Cl. The maximum atomic E-state index is 12.3. The standard InChI is InChI=1S/C13H17N3O2S.ClH/c1-10(17)16-6-12(18)15(11-2-5-19-7-11)9-13(16)3-4-14-8-13;/h2,5,7,14H,3-4,6,8-9H2,1H3;1H. The third-order valence-corrected chi connectivity index (χ3v) is 4.71. The molecule has 1 aromatic rings. The molecule has 1 aromatic heterocycles. The first-order chi connectivity index (χ1) is 9.12. The molecule has 2 saturated heterocycles. The van der Waals surface area contributed by atoms with Crippen molar-refractivity contribution in [3.8, 4) is 0 Å². The van der Waals surface area contributed by atoms with Crippen LogP contribution in [0.4, 0.5) is 5.69 Å². The van der Waals surface area contributed by atoms with Gasteiger partial charge in [0, 0.05) is 18.8 Å². The van der Waals surface area contributed by atoms with Crippen molar-refractivity contribution >= 4 is 41.2 Å². The van der Waals surface area contributed by atoms with Gasteiger partial charge in [0.1, 0.15) is 6.54 Å². The fourth-order valence-corrected chi connectivity index (χ4v) is 3.69. The summed E-state index contributed by atoms with van der Waals surface area (Å²) in [6.45, 7) is 3.99. The molecule has 0 bridgehead atoms. The van der Waals surface area contributed by atoms with E-state index in [0.717, 1.165) is 25.2 Å². The summed E-state index contributed by atoms with van der Waals surface area (Å²) < 4.78 is 0. The van der Waals surface area contributed by atoms with Crippen LogP contribution < -0.4 is 10.2 Å². The van der Waals surface area contributed by atoms with Crippen LogP contribution in [0.2, 0.25) is 0 Å². The van der Waals surface area contributed by atoms with Crippen LogP contribution in [0.3, 0.4) is 0 Å². The maximum absolute atomic E-state index is 12.3. The second kappa shape index (κ2) is 5.71. The van der Waals surface area contributed by atoms with E-state index < -0.39 is 0 Å². The summed E-state index contributed by atoms with van der Waals surface area (Å²) in [4.78, 5) is 27.7. The molecule has 2 aliphatic heterocycles. The van der Waals surface area contributed by atoms with Crippen molar-refractivity contribution in [2.24, 2.45) is 0 Å². The van der Waals surface area contributed by atoms with Gasteiger partial charge >= 0.3 is 0 Å². The van der Waals surface area contributed by atoms with Gasteiger partial charge in [0.15, 0.2) is 0 Å². The zero-order chi connectivity index (χ0) is 13.5. The Kier molecular flexibility index (Phi) is 4.36. The number of halogens is 1. The Bertz CT molecular complexity index is 500. The zero-order valence-corrected chi connectivity index (χ0v) is 12.9. The minimum atomic E-state index is -0.234. The van der Waals surface area contributed by atoms with E-state index in [9.17, 15) is 9.59 Å². The number of carbonyl (C=O) groups excluding carboxylic acids is 2. The number of anilines is 1. The summed E-state index contributed by atoms with van der Waals surface area (Å²) in [5.74, 6) is -0.00635. The van der Waals surface area contributed by atoms with Crippen LogP contribution in [-0.2, 0) is 9.59 Å². The molecular formula is C13H18ClN3O2S. The Morgan fingerprint density at radius 2 is 2.30 bits per heavy atom. The molecule has 0 aliphatic carbocycles. The van der Waals surface area contributed by atoms with Crippen LogP contribution >= 0.6 is 23.7 Å². The number of nitrogens with zero attached hydrogens (tertiary/aromatic N) is 2. The number of rotatable bonds is 1. The molecule has 1 N–H and O–H groups in total. The third kappa shape index (κ3) is 2.43. The van der Waals surface area contributed by atoms with E-state index in [1.165, 1.54) is 0 Å². The number of nitrogens with one attached hydrogen (secondary N) is 1. The lowest BCUT2D eigenvalue weighted by molar-refractivity contribution is -0.142. The topological polar surface area (TPSA) is 52.7 Å². The van der Waals surface area contributed by atoms with E-state index >= 15 is 0 Å². The summed E-state index contributed by atoms with van der Waals surface area (Å²) in [7, 11) is 0. The third-order valence-electron chi connectivity index (χ3n) is 4.04. The largest absolute Gasteiger partial charge is 0.325 e. The second-order valence-electron chi connectivity index (χ2n) is 5.22. The Labute approximate surface area is 128 Å². The first-order valence-corrected chi connectivity index (χ1v) is 7.38. The van der Waals surface area contributed by atoms with E-state index in [-0.39, 0.29) is 36.3 Å². The molecule has 110 valence electrons. The highest BCUT2D eigenvalue weighted by Gasteiger charge is 2.48. The molecule has 1 spiro atoms. The van der Waals surface area contributed by atoms with E-state index in [4.69, 9.17) is 0 Å². The van der Waals surface area contributed by atoms with Crippen LogP contribution in [0.25, 0.3) is 0 Å². The molecule has 2 aliphatic rings. The van der Waals surface area contributed by atoms with E-state index in [0.29, 0.717) is 6.54 Å². The molecule has 7 heteroatoms. The van der Waals surface area contributed by atoms with Gasteiger partial charge in [0.2, 0.25) is 11.8 Å². The predicted octanol–water partition coefficient (Wildman–Crippen LogP) is 1.10. The van der Waals surface area contributed by atoms with Crippen molar-refractivity contribution in [3.63, 3.8) is 0 Å². The van der Waals surface area contributed by atoms with Crippen LogP contribution in [0.15, 0.2) is 16.8 Å². The maximum Gasteiger partial charge on any atom is 0.246 e. The highest BCUT2D eigenvalue weighted by Crippen LogP contribution is 2.32.